The Hall–Kier alpha value is -0.410. The van der Waals surface area contributed by atoms with Gasteiger partial charge in [0.15, 0.2) is 0 Å². The van der Waals surface area contributed by atoms with E-state index in [1.807, 2.05) is 0 Å². The van der Waals surface area contributed by atoms with Crippen molar-refractivity contribution in [3.05, 3.63) is 0 Å². The summed E-state index contributed by atoms with van der Waals surface area (Å²) < 4.78 is 0. The molecule has 0 aromatic carbocycles. The predicted molar refractivity (Wildman–Crippen MR) is 74.7 cm³/mol. The van der Waals surface area contributed by atoms with Gasteiger partial charge in [-0.15, -0.1) is 0 Å². The highest BCUT2D eigenvalue weighted by molar-refractivity contribution is 5.81. The summed E-state index contributed by atoms with van der Waals surface area (Å²) in [5, 5.41) is 0. The van der Waals surface area contributed by atoms with E-state index < -0.39 is 0 Å². The van der Waals surface area contributed by atoms with Crippen LogP contribution in [0.1, 0.15) is 38.5 Å². The molecule has 1 aliphatic carbocycles. The summed E-state index contributed by atoms with van der Waals surface area (Å²) in [7, 11) is 4.40. The van der Waals surface area contributed by atoms with E-state index in [1.54, 1.807) is 0 Å². The molecule has 0 aromatic rings. The zero-order chi connectivity index (χ0) is 13.0. The Bertz CT molecular complexity index is 272. The lowest BCUT2D eigenvalue weighted by Gasteiger charge is -2.33. The van der Waals surface area contributed by atoms with Crippen molar-refractivity contribution in [3.8, 4) is 0 Å². The Balaban J connectivity index is 1.71. The van der Waals surface area contributed by atoms with Crippen molar-refractivity contribution in [1.82, 2.24) is 9.80 Å². The third-order valence-electron chi connectivity index (χ3n) is 4.62. The molecule has 0 radical (unpaired) electrons. The predicted octanol–water partition coefficient (Wildman–Crippen LogP) is 2.02. The van der Waals surface area contributed by atoms with Crippen molar-refractivity contribution in [1.29, 1.82) is 0 Å². The van der Waals surface area contributed by atoms with Gasteiger partial charge < -0.3 is 9.80 Å². The van der Waals surface area contributed by atoms with E-state index in [2.05, 4.69) is 23.9 Å². The van der Waals surface area contributed by atoms with Crippen LogP contribution < -0.4 is 0 Å². The SMILES string of the molecule is CN1CCC(CN(C)CC2CCCCC2=O)CC1. The zero-order valence-electron chi connectivity index (χ0n) is 12.0. The van der Waals surface area contributed by atoms with E-state index in [4.69, 9.17) is 0 Å². The Morgan fingerprint density at radius 3 is 2.56 bits per heavy atom. The van der Waals surface area contributed by atoms with Crippen LogP contribution in [0, 0.1) is 11.8 Å². The quantitative estimate of drug-likeness (QED) is 0.765. The van der Waals surface area contributed by atoms with Gasteiger partial charge in [0.25, 0.3) is 0 Å². The van der Waals surface area contributed by atoms with Gasteiger partial charge in [0, 0.05) is 25.4 Å². The number of likely N-dealkylation sites (tertiary alicyclic amines) is 1. The first-order valence-corrected chi connectivity index (χ1v) is 7.55. The number of nitrogens with zero attached hydrogens (tertiary/aromatic N) is 2. The van der Waals surface area contributed by atoms with E-state index in [1.165, 1.54) is 38.9 Å². The average Bonchev–Trinajstić information content (AvgIpc) is 2.35. The molecule has 1 heterocycles. The van der Waals surface area contributed by atoms with E-state index >= 15 is 0 Å². The van der Waals surface area contributed by atoms with Gasteiger partial charge in [0.1, 0.15) is 5.78 Å². The molecule has 0 spiro atoms. The molecule has 1 unspecified atom stereocenters. The van der Waals surface area contributed by atoms with Crippen LogP contribution in [-0.2, 0) is 4.79 Å². The monoisotopic (exact) mass is 252 g/mol. The first-order chi connectivity index (χ1) is 8.65. The highest BCUT2D eigenvalue weighted by Gasteiger charge is 2.25. The van der Waals surface area contributed by atoms with Crippen molar-refractivity contribution in [2.75, 3.05) is 40.3 Å². The Kier molecular flexibility index (Phi) is 5.19. The first-order valence-electron chi connectivity index (χ1n) is 7.55. The fraction of sp³-hybridized carbons (Fsp3) is 0.933. The largest absolute Gasteiger partial charge is 0.306 e. The number of hydrogen-bond acceptors (Lipinski definition) is 3. The number of rotatable bonds is 4. The minimum Gasteiger partial charge on any atom is -0.306 e. The number of ketones is 1. The highest BCUT2D eigenvalue weighted by Crippen LogP contribution is 2.22. The molecule has 3 nitrogen and oxygen atoms in total. The van der Waals surface area contributed by atoms with Crippen molar-refractivity contribution in [2.24, 2.45) is 11.8 Å². The van der Waals surface area contributed by atoms with Gasteiger partial charge in [-0.2, -0.15) is 0 Å². The van der Waals surface area contributed by atoms with Crippen LogP contribution in [0.25, 0.3) is 0 Å². The normalized spacial score (nSPS) is 27.9. The lowest BCUT2D eigenvalue weighted by Crippen LogP contribution is -2.38. The summed E-state index contributed by atoms with van der Waals surface area (Å²) in [5.74, 6) is 1.68. The summed E-state index contributed by atoms with van der Waals surface area (Å²) in [6.45, 7) is 4.64. The molecule has 2 aliphatic rings. The minimum atomic E-state index is 0.329. The molecule has 0 N–H and O–H groups in total. The van der Waals surface area contributed by atoms with Crippen LogP contribution in [0.3, 0.4) is 0 Å². The Labute approximate surface area is 112 Å². The summed E-state index contributed by atoms with van der Waals surface area (Å²) in [4.78, 5) is 16.7. The molecule has 1 aliphatic heterocycles. The third-order valence-corrected chi connectivity index (χ3v) is 4.62. The van der Waals surface area contributed by atoms with Gasteiger partial charge in [-0.3, -0.25) is 4.79 Å². The molecule has 0 bridgehead atoms. The number of Topliss-reactive ketones (excluding diaryl/α,β-unsaturated/α-hetero) is 1. The van der Waals surface area contributed by atoms with Gasteiger partial charge >= 0.3 is 0 Å². The Morgan fingerprint density at radius 2 is 1.89 bits per heavy atom. The molecule has 2 rings (SSSR count). The topological polar surface area (TPSA) is 23.6 Å². The van der Waals surface area contributed by atoms with Crippen molar-refractivity contribution >= 4 is 5.78 Å². The number of hydrogen-bond donors (Lipinski definition) is 0. The molecule has 2 fully saturated rings. The van der Waals surface area contributed by atoms with E-state index in [-0.39, 0.29) is 0 Å². The van der Waals surface area contributed by atoms with Gasteiger partial charge in [0.2, 0.25) is 0 Å². The van der Waals surface area contributed by atoms with E-state index in [9.17, 15) is 4.79 Å². The number of carbonyl (C=O) groups is 1. The maximum Gasteiger partial charge on any atom is 0.137 e. The third kappa shape index (κ3) is 4.06. The summed E-state index contributed by atoms with van der Waals surface area (Å²) in [5.41, 5.74) is 0. The second-order valence-electron chi connectivity index (χ2n) is 6.38. The van der Waals surface area contributed by atoms with Gasteiger partial charge in [-0.05, 0) is 58.8 Å². The van der Waals surface area contributed by atoms with Crippen molar-refractivity contribution < 1.29 is 4.79 Å². The molecule has 1 atom stereocenters. The first kappa shape index (κ1) is 14.0. The second-order valence-corrected chi connectivity index (χ2v) is 6.38. The molecule has 1 saturated carbocycles. The molecule has 18 heavy (non-hydrogen) atoms. The van der Waals surface area contributed by atoms with Crippen molar-refractivity contribution in [3.63, 3.8) is 0 Å². The number of piperidine rings is 1. The van der Waals surface area contributed by atoms with E-state index in [0.29, 0.717) is 11.7 Å². The number of carbonyl (C=O) groups excluding carboxylic acids is 1. The smallest absolute Gasteiger partial charge is 0.137 e. The van der Waals surface area contributed by atoms with Crippen molar-refractivity contribution in [2.45, 2.75) is 38.5 Å². The van der Waals surface area contributed by atoms with Crippen LogP contribution in [0.4, 0.5) is 0 Å². The van der Waals surface area contributed by atoms with Gasteiger partial charge in [-0.1, -0.05) is 6.42 Å². The lowest BCUT2D eigenvalue weighted by molar-refractivity contribution is -0.125. The van der Waals surface area contributed by atoms with Crippen LogP contribution in [0.5, 0.6) is 0 Å². The summed E-state index contributed by atoms with van der Waals surface area (Å²) in [6, 6.07) is 0. The zero-order valence-corrected chi connectivity index (χ0v) is 12.0. The fourth-order valence-electron chi connectivity index (χ4n) is 3.38. The maximum absolute atomic E-state index is 11.8. The summed E-state index contributed by atoms with van der Waals surface area (Å²) in [6.07, 6.45) is 6.95. The molecular formula is C15H28N2O. The molecule has 0 amide bonds. The molecular weight excluding hydrogens is 224 g/mol. The van der Waals surface area contributed by atoms with Crippen LogP contribution >= 0.6 is 0 Å². The van der Waals surface area contributed by atoms with Gasteiger partial charge in [0.05, 0.1) is 0 Å². The highest BCUT2D eigenvalue weighted by atomic mass is 16.1. The molecule has 3 heteroatoms. The molecule has 0 aromatic heterocycles. The summed E-state index contributed by atoms with van der Waals surface area (Å²) >= 11 is 0. The minimum absolute atomic E-state index is 0.329. The standard InChI is InChI=1S/C15H28N2O/c1-16-9-7-13(8-10-16)11-17(2)12-14-5-3-4-6-15(14)18/h13-14H,3-12H2,1-2H3. The molecule has 104 valence electrons. The second kappa shape index (κ2) is 6.67. The maximum atomic E-state index is 11.8. The Morgan fingerprint density at radius 1 is 1.17 bits per heavy atom. The van der Waals surface area contributed by atoms with Crippen LogP contribution in [0.15, 0.2) is 0 Å². The molecule has 1 saturated heterocycles. The fourth-order valence-corrected chi connectivity index (χ4v) is 3.38. The van der Waals surface area contributed by atoms with Gasteiger partial charge in [-0.25, -0.2) is 0 Å². The van der Waals surface area contributed by atoms with Crippen LogP contribution in [0.2, 0.25) is 0 Å². The lowest BCUT2D eigenvalue weighted by atomic mass is 9.87. The van der Waals surface area contributed by atoms with E-state index in [0.717, 1.165) is 31.7 Å². The van der Waals surface area contributed by atoms with Crippen LogP contribution in [-0.4, -0.2) is 55.9 Å². The average molecular weight is 252 g/mol.